The number of aromatic nitrogens is 2. The van der Waals surface area contributed by atoms with Crippen LogP contribution in [0.5, 0.6) is 0 Å². The molecule has 1 aromatic heterocycles. The monoisotopic (exact) mass is 466 g/mol. The Morgan fingerprint density at radius 2 is 2.13 bits per heavy atom. The van der Waals surface area contributed by atoms with Gasteiger partial charge in [-0.25, -0.2) is 12.7 Å². The maximum Gasteiger partial charge on any atom is 0.230 e. The fourth-order valence-electron chi connectivity index (χ4n) is 3.30. The first kappa shape index (κ1) is 22.9. The lowest BCUT2D eigenvalue weighted by atomic mass is 9.99. The summed E-state index contributed by atoms with van der Waals surface area (Å²) in [6.07, 6.45) is 4.41. The molecule has 2 aromatic rings. The Labute approximate surface area is 186 Å². The highest BCUT2D eigenvalue weighted by Crippen LogP contribution is 2.27. The highest BCUT2D eigenvalue weighted by atomic mass is 32.2. The van der Waals surface area contributed by atoms with Crippen molar-refractivity contribution in [1.82, 2.24) is 14.5 Å². The zero-order chi connectivity index (χ0) is 21.4. The fraction of sp³-hybridized carbons (Fsp3) is 0.450. The van der Waals surface area contributed by atoms with E-state index in [1.54, 1.807) is 6.08 Å². The minimum atomic E-state index is -3.38. The summed E-state index contributed by atoms with van der Waals surface area (Å²) >= 11 is 2.81. The molecule has 0 aliphatic carbocycles. The predicted octanol–water partition coefficient (Wildman–Crippen LogP) is 3.43. The zero-order valence-corrected chi connectivity index (χ0v) is 19.1. The number of carbonyl (C=O) groups excluding carboxylic acids is 1. The third-order valence-corrected chi connectivity index (χ3v) is 8.71. The molecule has 1 fully saturated rings. The number of aryl methyl sites for hydroxylation is 1. The number of anilines is 1. The Bertz CT molecular complexity index is 947. The number of amides is 1. The molecule has 30 heavy (non-hydrogen) atoms. The molecule has 1 aliphatic heterocycles. The lowest BCUT2D eigenvalue weighted by molar-refractivity contribution is -0.120. The maximum absolute atomic E-state index is 12.8. The molecule has 1 saturated heterocycles. The van der Waals surface area contributed by atoms with Crippen LogP contribution in [0.2, 0.25) is 0 Å². The average Bonchev–Trinajstić information content (AvgIpc) is 3.20. The van der Waals surface area contributed by atoms with E-state index < -0.39 is 10.0 Å². The first-order chi connectivity index (χ1) is 14.5. The second kappa shape index (κ2) is 11.0. The number of piperidine rings is 1. The van der Waals surface area contributed by atoms with Gasteiger partial charge in [-0.3, -0.25) is 4.79 Å². The molecular formula is C20H26N4O3S3. The molecule has 1 atom stereocenters. The van der Waals surface area contributed by atoms with Crippen LogP contribution in [0.25, 0.3) is 0 Å². The summed E-state index contributed by atoms with van der Waals surface area (Å²) in [5.74, 6) is 0.241. The number of rotatable bonds is 10. The van der Waals surface area contributed by atoms with E-state index in [9.17, 15) is 13.2 Å². The first-order valence-electron chi connectivity index (χ1n) is 9.88. The molecule has 1 amide bonds. The van der Waals surface area contributed by atoms with Gasteiger partial charge in [-0.15, -0.1) is 16.8 Å². The van der Waals surface area contributed by atoms with Crippen LogP contribution in [0.3, 0.4) is 0 Å². The van der Waals surface area contributed by atoms with Crippen LogP contribution in [0.1, 0.15) is 24.8 Å². The molecule has 0 bridgehead atoms. The number of carbonyl (C=O) groups is 1. The molecule has 0 radical (unpaired) electrons. The van der Waals surface area contributed by atoms with Crippen LogP contribution in [-0.2, 0) is 21.2 Å². The Morgan fingerprint density at radius 1 is 1.33 bits per heavy atom. The molecular weight excluding hydrogens is 440 g/mol. The van der Waals surface area contributed by atoms with Crippen LogP contribution in [-0.4, -0.2) is 53.4 Å². The van der Waals surface area contributed by atoms with E-state index in [1.807, 2.05) is 30.3 Å². The van der Waals surface area contributed by atoms with E-state index in [2.05, 4.69) is 22.1 Å². The van der Waals surface area contributed by atoms with Gasteiger partial charge in [0.25, 0.3) is 0 Å². The van der Waals surface area contributed by atoms with Gasteiger partial charge < -0.3 is 5.32 Å². The van der Waals surface area contributed by atoms with E-state index in [0.29, 0.717) is 30.9 Å². The largest absolute Gasteiger partial charge is 0.300 e. The van der Waals surface area contributed by atoms with Gasteiger partial charge in [0.1, 0.15) is 0 Å². The fourth-order valence-corrected chi connectivity index (χ4v) is 6.40. The number of benzene rings is 1. The lowest BCUT2D eigenvalue weighted by Gasteiger charge is -2.31. The summed E-state index contributed by atoms with van der Waals surface area (Å²) in [7, 11) is -3.38. The molecule has 1 unspecified atom stereocenters. The Balaban J connectivity index is 1.51. The van der Waals surface area contributed by atoms with Gasteiger partial charge in [-0.05, 0) is 31.2 Å². The van der Waals surface area contributed by atoms with Crippen molar-refractivity contribution in [1.29, 1.82) is 0 Å². The van der Waals surface area contributed by atoms with Crippen LogP contribution in [0.4, 0.5) is 5.13 Å². The molecule has 1 N–H and O–H groups in total. The zero-order valence-electron chi connectivity index (χ0n) is 16.7. The van der Waals surface area contributed by atoms with Crippen molar-refractivity contribution in [2.45, 2.75) is 30.0 Å². The summed E-state index contributed by atoms with van der Waals surface area (Å²) in [4.78, 5) is 12.6. The number of nitrogens with zero attached hydrogens (tertiary/aromatic N) is 3. The number of nitrogens with one attached hydrogen (secondary N) is 1. The summed E-state index contributed by atoms with van der Waals surface area (Å²) in [6, 6.07) is 9.86. The standard InChI is InChI=1S/C20H26N4O3S3/c1-2-13-28-20-23-22-19(29-20)21-18(25)17-11-6-12-24(15-17)30(26,27)14-7-10-16-8-4-3-5-9-16/h2-5,8-9,17H,1,6-7,10-15H2,(H,21,22,25). The molecule has 162 valence electrons. The third-order valence-electron chi connectivity index (χ3n) is 4.82. The van der Waals surface area contributed by atoms with Gasteiger partial charge in [0.15, 0.2) is 4.34 Å². The van der Waals surface area contributed by atoms with Crippen LogP contribution in [0.15, 0.2) is 47.3 Å². The second-order valence-electron chi connectivity index (χ2n) is 7.06. The summed E-state index contributed by atoms with van der Waals surface area (Å²) in [5, 5.41) is 11.2. The molecule has 7 nitrogen and oxygen atoms in total. The number of hydrogen-bond donors (Lipinski definition) is 1. The normalized spacial score (nSPS) is 17.5. The molecule has 3 rings (SSSR count). The minimum Gasteiger partial charge on any atom is -0.300 e. The van der Waals surface area contributed by atoms with Crippen molar-refractivity contribution < 1.29 is 13.2 Å². The van der Waals surface area contributed by atoms with E-state index in [0.717, 1.165) is 22.1 Å². The number of hydrogen-bond acceptors (Lipinski definition) is 7. The Morgan fingerprint density at radius 3 is 2.90 bits per heavy atom. The lowest BCUT2D eigenvalue weighted by Crippen LogP contribution is -2.44. The van der Waals surface area contributed by atoms with Crippen molar-refractivity contribution in [3.05, 3.63) is 48.6 Å². The van der Waals surface area contributed by atoms with E-state index in [-0.39, 0.29) is 24.1 Å². The molecule has 0 saturated carbocycles. The Kier molecular flexibility index (Phi) is 8.43. The van der Waals surface area contributed by atoms with Crippen LogP contribution < -0.4 is 5.32 Å². The summed E-state index contributed by atoms with van der Waals surface area (Å²) < 4.78 is 27.8. The van der Waals surface area contributed by atoms with E-state index in [4.69, 9.17) is 0 Å². The summed E-state index contributed by atoms with van der Waals surface area (Å²) in [6.45, 7) is 4.35. The number of sulfonamides is 1. The van der Waals surface area contributed by atoms with Gasteiger partial charge in [0.2, 0.25) is 21.1 Å². The van der Waals surface area contributed by atoms with Gasteiger partial charge in [0.05, 0.1) is 11.7 Å². The maximum atomic E-state index is 12.8. The molecule has 1 aromatic carbocycles. The molecule has 1 aliphatic rings. The van der Waals surface area contributed by atoms with Crippen LogP contribution >= 0.6 is 23.1 Å². The van der Waals surface area contributed by atoms with Gasteiger partial charge in [-0.1, -0.05) is 59.5 Å². The van der Waals surface area contributed by atoms with Gasteiger partial charge in [0, 0.05) is 18.8 Å². The quantitative estimate of drug-likeness (QED) is 0.328. The predicted molar refractivity (Wildman–Crippen MR) is 122 cm³/mol. The van der Waals surface area contributed by atoms with E-state index in [1.165, 1.54) is 27.4 Å². The van der Waals surface area contributed by atoms with Gasteiger partial charge in [-0.2, -0.15) is 0 Å². The Hall–Kier alpha value is -1.75. The molecule has 0 spiro atoms. The topological polar surface area (TPSA) is 92.3 Å². The van der Waals surface area contributed by atoms with Crippen molar-refractivity contribution in [2.75, 3.05) is 29.9 Å². The highest BCUT2D eigenvalue weighted by Gasteiger charge is 2.32. The molecule has 10 heteroatoms. The van der Waals surface area contributed by atoms with Crippen molar-refractivity contribution in [3.8, 4) is 0 Å². The highest BCUT2D eigenvalue weighted by molar-refractivity contribution is 8.01. The SMILES string of the molecule is C=CCSc1nnc(NC(=O)C2CCCN(S(=O)(=O)CCCc3ccccc3)C2)s1. The summed E-state index contributed by atoms with van der Waals surface area (Å²) in [5.41, 5.74) is 1.13. The van der Waals surface area contributed by atoms with Crippen LogP contribution in [0, 0.1) is 5.92 Å². The molecule has 2 heterocycles. The van der Waals surface area contributed by atoms with Crippen molar-refractivity contribution in [2.24, 2.45) is 5.92 Å². The minimum absolute atomic E-state index is 0.0938. The number of thioether (sulfide) groups is 1. The average molecular weight is 467 g/mol. The van der Waals surface area contributed by atoms with E-state index >= 15 is 0 Å². The van der Waals surface area contributed by atoms with Crippen molar-refractivity contribution in [3.63, 3.8) is 0 Å². The van der Waals surface area contributed by atoms with Gasteiger partial charge >= 0.3 is 0 Å². The third kappa shape index (κ3) is 6.63. The first-order valence-corrected chi connectivity index (χ1v) is 13.3. The van der Waals surface area contributed by atoms with Crippen molar-refractivity contribution >= 4 is 44.2 Å². The second-order valence-corrected chi connectivity index (χ2v) is 11.4. The smallest absolute Gasteiger partial charge is 0.230 e.